The van der Waals surface area contributed by atoms with E-state index in [1.165, 1.54) is 5.01 Å². The van der Waals surface area contributed by atoms with Crippen molar-refractivity contribution < 1.29 is 0 Å². The van der Waals surface area contributed by atoms with Gasteiger partial charge in [0.1, 0.15) is 0 Å². The Labute approximate surface area is 120 Å². The minimum Gasteiger partial charge on any atom is -0.261 e. The molecule has 0 aliphatic carbocycles. The maximum atomic E-state index is 10.9. The fourth-order valence-electron chi connectivity index (χ4n) is 1.71. The molecule has 2 aromatic rings. The van der Waals surface area contributed by atoms with Gasteiger partial charge in [-0.25, -0.2) is 5.01 Å². The van der Waals surface area contributed by atoms with Gasteiger partial charge < -0.3 is 0 Å². The lowest BCUT2D eigenvalue weighted by Gasteiger charge is -2.15. The molecule has 0 atom stereocenters. The molecule has 98 valence electrons. The zero-order valence-electron chi connectivity index (χ0n) is 10.6. The summed E-state index contributed by atoms with van der Waals surface area (Å²) in [5.41, 5.74) is 2.87. The second-order valence-electron chi connectivity index (χ2n) is 4.24. The minimum absolute atomic E-state index is 0.538. The lowest BCUT2D eigenvalue weighted by atomic mass is 10.2. The van der Waals surface area contributed by atoms with E-state index in [1.807, 2.05) is 49.5 Å². The molecule has 0 fully saturated rings. The van der Waals surface area contributed by atoms with Crippen molar-refractivity contribution in [3.8, 4) is 0 Å². The molecule has 5 heteroatoms. The highest BCUT2D eigenvalue weighted by Crippen LogP contribution is 2.19. The highest BCUT2D eigenvalue weighted by atomic mass is 79.9. The first-order valence-electron chi connectivity index (χ1n) is 5.97. The normalized spacial score (nSPS) is 10.2. The summed E-state index contributed by atoms with van der Waals surface area (Å²) in [4.78, 5) is 15.1. The lowest BCUT2D eigenvalue weighted by Crippen LogP contribution is -2.18. The highest BCUT2D eigenvalue weighted by molar-refractivity contribution is 9.10. The monoisotopic (exact) mass is 319 g/mol. The lowest BCUT2D eigenvalue weighted by molar-refractivity contribution is 0.816. The standard InChI is InChI=1S/C14H14BrN3O/c1-11-2-3-12(10-16-11)8-9-18(17-19)14-6-4-13(15)5-7-14/h2-7,10H,8-9H2,1H3. The molecule has 1 aromatic heterocycles. The van der Waals surface area contributed by atoms with Crippen molar-refractivity contribution in [1.82, 2.24) is 4.98 Å². The number of aromatic nitrogens is 1. The Kier molecular flexibility index (Phi) is 4.63. The molecule has 0 saturated heterocycles. The van der Waals surface area contributed by atoms with Crippen LogP contribution in [-0.2, 0) is 6.42 Å². The molecule has 0 aliphatic rings. The van der Waals surface area contributed by atoms with E-state index in [0.717, 1.165) is 27.8 Å². The van der Waals surface area contributed by atoms with Crippen LogP contribution in [0.4, 0.5) is 5.69 Å². The summed E-state index contributed by atoms with van der Waals surface area (Å²) in [5, 5.41) is 4.52. The van der Waals surface area contributed by atoms with Crippen LogP contribution in [0.15, 0.2) is 52.4 Å². The molecule has 2 rings (SSSR count). The molecule has 1 aromatic carbocycles. The average Bonchev–Trinajstić information content (AvgIpc) is 2.43. The predicted octanol–water partition coefficient (Wildman–Crippen LogP) is 3.88. The van der Waals surface area contributed by atoms with Crippen LogP contribution in [0.25, 0.3) is 0 Å². The second-order valence-corrected chi connectivity index (χ2v) is 5.15. The SMILES string of the molecule is Cc1ccc(CCN(N=O)c2ccc(Br)cc2)cn1. The Morgan fingerprint density at radius 1 is 1.21 bits per heavy atom. The van der Waals surface area contributed by atoms with Crippen LogP contribution in [0.2, 0.25) is 0 Å². The van der Waals surface area contributed by atoms with Crippen molar-refractivity contribution in [2.75, 3.05) is 11.6 Å². The number of nitrogens with zero attached hydrogens (tertiary/aromatic N) is 3. The number of nitroso groups, excluding NO2 is 1. The number of hydrogen-bond acceptors (Lipinski definition) is 3. The highest BCUT2D eigenvalue weighted by Gasteiger charge is 2.06. The number of hydrogen-bond donors (Lipinski definition) is 0. The fourth-order valence-corrected chi connectivity index (χ4v) is 1.98. The Morgan fingerprint density at radius 3 is 2.53 bits per heavy atom. The Hall–Kier alpha value is -1.75. The zero-order chi connectivity index (χ0) is 13.7. The summed E-state index contributed by atoms with van der Waals surface area (Å²) < 4.78 is 0.977. The molecular formula is C14H14BrN3O. The molecule has 0 N–H and O–H groups in total. The third-order valence-electron chi connectivity index (χ3n) is 2.81. The molecule has 0 spiro atoms. The number of halogens is 1. The van der Waals surface area contributed by atoms with Crippen molar-refractivity contribution >= 4 is 21.6 Å². The van der Waals surface area contributed by atoms with Crippen LogP contribution in [0.1, 0.15) is 11.3 Å². The van der Waals surface area contributed by atoms with Gasteiger partial charge in [-0.05, 0) is 49.2 Å². The van der Waals surface area contributed by atoms with E-state index in [9.17, 15) is 4.91 Å². The van der Waals surface area contributed by atoms with Crippen molar-refractivity contribution in [2.24, 2.45) is 5.29 Å². The van der Waals surface area contributed by atoms with Crippen LogP contribution in [0.5, 0.6) is 0 Å². The van der Waals surface area contributed by atoms with Crippen molar-refractivity contribution in [2.45, 2.75) is 13.3 Å². The van der Waals surface area contributed by atoms with Gasteiger partial charge in [-0.1, -0.05) is 22.0 Å². The molecule has 4 nitrogen and oxygen atoms in total. The van der Waals surface area contributed by atoms with E-state index in [4.69, 9.17) is 0 Å². The van der Waals surface area contributed by atoms with Gasteiger partial charge in [0.2, 0.25) is 0 Å². The van der Waals surface area contributed by atoms with E-state index in [-0.39, 0.29) is 0 Å². The quantitative estimate of drug-likeness (QED) is 0.620. The molecule has 0 unspecified atom stereocenters. The van der Waals surface area contributed by atoms with Crippen LogP contribution >= 0.6 is 15.9 Å². The van der Waals surface area contributed by atoms with E-state index in [0.29, 0.717) is 6.54 Å². The Balaban J connectivity index is 2.01. The molecule has 0 aliphatic heterocycles. The number of benzene rings is 1. The molecule has 0 amide bonds. The van der Waals surface area contributed by atoms with Gasteiger partial charge in [-0.15, -0.1) is 4.91 Å². The summed E-state index contributed by atoms with van der Waals surface area (Å²) in [5.74, 6) is 0. The number of pyridine rings is 1. The van der Waals surface area contributed by atoms with Gasteiger partial charge in [0.15, 0.2) is 0 Å². The summed E-state index contributed by atoms with van der Waals surface area (Å²) in [6.45, 7) is 2.49. The predicted molar refractivity (Wildman–Crippen MR) is 80.0 cm³/mol. The molecule has 19 heavy (non-hydrogen) atoms. The number of rotatable bonds is 5. The van der Waals surface area contributed by atoms with Crippen LogP contribution < -0.4 is 5.01 Å². The van der Waals surface area contributed by atoms with E-state index >= 15 is 0 Å². The van der Waals surface area contributed by atoms with Crippen molar-refractivity contribution in [3.63, 3.8) is 0 Å². The first-order chi connectivity index (χ1) is 9.19. The van der Waals surface area contributed by atoms with E-state index in [1.54, 1.807) is 0 Å². The molecule has 0 radical (unpaired) electrons. The summed E-state index contributed by atoms with van der Waals surface area (Å²) in [6.07, 6.45) is 2.56. The molecular weight excluding hydrogens is 306 g/mol. The Bertz CT molecular complexity index is 540. The molecule has 0 saturated carbocycles. The Morgan fingerprint density at radius 2 is 1.95 bits per heavy atom. The summed E-state index contributed by atoms with van der Waals surface area (Å²) >= 11 is 3.36. The maximum absolute atomic E-state index is 10.9. The van der Waals surface area contributed by atoms with Gasteiger partial charge in [-0.3, -0.25) is 4.98 Å². The average molecular weight is 320 g/mol. The largest absolute Gasteiger partial charge is 0.261 e. The van der Waals surface area contributed by atoms with Gasteiger partial charge in [0.05, 0.1) is 11.0 Å². The van der Waals surface area contributed by atoms with Crippen molar-refractivity contribution in [3.05, 3.63) is 63.2 Å². The number of anilines is 1. The van der Waals surface area contributed by atoms with Gasteiger partial charge in [-0.2, -0.15) is 0 Å². The van der Waals surface area contributed by atoms with E-state index < -0.39 is 0 Å². The first-order valence-corrected chi connectivity index (χ1v) is 6.76. The summed E-state index contributed by atoms with van der Waals surface area (Å²) in [7, 11) is 0. The van der Waals surface area contributed by atoms with Crippen LogP contribution in [0, 0.1) is 11.8 Å². The zero-order valence-corrected chi connectivity index (χ0v) is 12.2. The number of aryl methyl sites for hydroxylation is 1. The summed E-state index contributed by atoms with van der Waals surface area (Å²) in [6, 6.07) is 11.5. The maximum Gasteiger partial charge on any atom is 0.0627 e. The topological polar surface area (TPSA) is 45.6 Å². The third kappa shape index (κ3) is 3.86. The third-order valence-corrected chi connectivity index (χ3v) is 3.34. The second kappa shape index (κ2) is 6.43. The molecule has 1 heterocycles. The van der Waals surface area contributed by atoms with E-state index in [2.05, 4.69) is 26.2 Å². The van der Waals surface area contributed by atoms with Crippen LogP contribution in [0.3, 0.4) is 0 Å². The smallest absolute Gasteiger partial charge is 0.0627 e. The molecule has 0 bridgehead atoms. The first kappa shape index (κ1) is 13.7. The van der Waals surface area contributed by atoms with Gasteiger partial charge >= 0.3 is 0 Å². The van der Waals surface area contributed by atoms with Gasteiger partial charge in [0, 0.05) is 22.9 Å². The fraction of sp³-hybridized carbons (Fsp3) is 0.214. The van der Waals surface area contributed by atoms with Crippen molar-refractivity contribution in [1.29, 1.82) is 0 Å². The van der Waals surface area contributed by atoms with Crippen LogP contribution in [-0.4, -0.2) is 11.5 Å². The van der Waals surface area contributed by atoms with Gasteiger partial charge in [0.25, 0.3) is 0 Å². The minimum atomic E-state index is 0.538.